The van der Waals surface area contributed by atoms with Gasteiger partial charge in [0.2, 0.25) is 0 Å². The summed E-state index contributed by atoms with van der Waals surface area (Å²) >= 11 is 0. The molecule has 5 aromatic rings. The molecule has 0 unspecified atom stereocenters. The maximum absolute atomic E-state index is 6.12. The summed E-state index contributed by atoms with van der Waals surface area (Å²) in [7, 11) is 5.58. The lowest BCUT2D eigenvalue weighted by atomic mass is 9.76. The van der Waals surface area contributed by atoms with Crippen LogP contribution in [0.25, 0.3) is 0 Å². The Balaban J connectivity index is 0.000000212. The summed E-state index contributed by atoms with van der Waals surface area (Å²) in [4.78, 5) is 4.36. The third kappa shape index (κ3) is 7.36. The normalized spacial score (nSPS) is 11.6. The van der Waals surface area contributed by atoms with Crippen LogP contribution in [0, 0.1) is 0 Å². The molecule has 1 heterocycles. The topological polar surface area (TPSA) is 17.8 Å². The minimum atomic E-state index is -0.539. The summed E-state index contributed by atoms with van der Waals surface area (Å²) in [5.41, 5.74) is 5.02. The van der Waals surface area contributed by atoms with Crippen LogP contribution in [0.2, 0.25) is 6.04 Å². The van der Waals surface area contributed by atoms with Crippen LogP contribution in [0.4, 0.5) is 0 Å². The van der Waals surface area contributed by atoms with Crippen LogP contribution in [0.1, 0.15) is 47.8 Å². The quantitative estimate of drug-likeness (QED) is 0.136. The summed E-state index contributed by atoms with van der Waals surface area (Å²) in [5, 5.41) is -0.102. The van der Waals surface area contributed by atoms with Crippen molar-refractivity contribution in [1.82, 2.24) is 9.55 Å². The van der Waals surface area contributed by atoms with Gasteiger partial charge in [0.15, 0.2) is 0 Å². The SMILES string of the molecule is CCCC=CC[SiH2]C(c1ccccc1)(c1ccccc1)n1ccnc1.[B]C(c1ccccc1)c1ccccc1. The van der Waals surface area contributed by atoms with Gasteiger partial charge in [-0.1, -0.05) is 147 Å². The van der Waals surface area contributed by atoms with Gasteiger partial charge in [0.1, 0.15) is 0 Å². The lowest BCUT2D eigenvalue weighted by molar-refractivity contribution is 0.592. The van der Waals surface area contributed by atoms with Crippen LogP contribution in [0.5, 0.6) is 0 Å². The highest BCUT2D eigenvalue weighted by Gasteiger charge is 2.35. The molecule has 39 heavy (non-hydrogen) atoms. The van der Waals surface area contributed by atoms with E-state index >= 15 is 0 Å². The average Bonchev–Trinajstić information content (AvgIpc) is 3.56. The molecule has 0 aliphatic heterocycles. The van der Waals surface area contributed by atoms with Crippen LogP contribution >= 0.6 is 0 Å². The minimum absolute atomic E-state index is 0.0163. The van der Waals surface area contributed by atoms with Gasteiger partial charge in [0.05, 0.1) is 28.9 Å². The van der Waals surface area contributed by atoms with E-state index in [2.05, 4.69) is 120 Å². The molecule has 0 spiro atoms. The zero-order valence-electron chi connectivity index (χ0n) is 22.8. The van der Waals surface area contributed by atoms with E-state index in [1.165, 1.54) is 30.0 Å². The standard InChI is InChI=1S/C22H26N2Si.C13H11B/c1-2-3-4-11-18-25-22(24-17-16-23-19-24,20-12-7-5-8-13-20)21-14-9-6-10-15-21;14-13(11-7-3-1-4-8-11)12-9-5-2-6-10-12/h4-17,19H,2-3,18,25H2,1H3;1-10,13H. The zero-order valence-corrected chi connectivity index (χ0v) is 24.2. The second-order valence-electron chi connectivity index (χ2n) is 9.66. The monoisotopic (exact) mass is 524 g/mol. The molecule has 0 saturated carbocycles. The molecule has 0 N–H and O–H groups in total. The predicted octanol–water partition coefficient (Wildman–Crippen LogP) is 7.52. The fraction of sp³-hybridized carbons (Fsp3) is 0.171. The molecule has 4 aromatic carbocycles. The van der Waals surface area contributed by atoms with Gasteiger partial charge in [-0.05, 0) is 40.5 Å². The van der Waals surface area contributed by atoms with Crippen molar-refractivity contribution < 1.29 is 0 Å². The largest absolute Gasteiger partial charge is 0.327 e. The lowest BCUT2D eigenvalue weighted by Crippen LogP contribution is -2.41. The first-order valence-electron chi connectivity index (χ1n) is 13.9. The molecular formula is C35H37BN2Si. The Morgan fingerprint density at radius 3 is 1.67 bits per heavy atom. The summed E-state index contributed by atoms with van der Waals surface area (Å²) in [6.45, 7) is 2.23. The number of imidazole rings is 1. The molecule has 0 amide bonds. The average molecular weight is 525 g/mol. The highest BCUT2D eigenvalue weighted by atomic mass is 28.2. The summed E-state index contributed by atoms with van der Waals surface area (Å²) in [5.74, 6) is -0.0163. The van der Waals surface area contributed by atoms with E-state index in [4.69, 9.17) is 7.85 Å². The van der Waals surface area contributed by atoms with Crippen LogP contribution in [-0.4, -0.2) is 26.9 Å². The predicted molar refractivity (Wildman–Crippen MR) is 169 cm³/mol. The molecule has 0 saturated heterocycles. The maximum atomic E-state index is 6.12. The second-order valence-corrected chi connectivity index (χ2v) is 11.8. The van der Waals surface area contributed by atoms with Crippen molar-refractivity contribution in [1.29, 1.82) is 0 Å². The molecule has 0 aliphatic carbocycles. The molecule has 0 fully saturated rings. The van der Waals surface area contributed by atoms with E-state index in [9.17, 15) is 0 Å². The molecule has 1 aromatic heterocycles. The number of hydrogen-bond acceptors (Lipinski definition) is 1. The van der Waals surface area contributed by atoms with Crippen molar-refractivity contribution >= 4 is 17.4 Å². The van der Waals surface area contributed by atoms with E-state index < -0.39 is 9.52 Å². The van der Waals surface area contributed by atoms with E-state index in [0.29, 0.717) is 0 Å². The molecule has 0 aliphatic rings. The highest BCUT2D eigenvalue weighted by Crippen LogP contribution is 2.34. The van der Waals surface area contributed by atoms with Gasteiger partial charge in [-0.15, -0.1) is 0 Å². The number of nitrogens with zero attached hydrogens (tertiary/aromatic N) is 2. The van der Waals surface area contributed by atoms with Crippen molar-refractivity contribution in [2.75, 3.05) is 0 Å². The number of allylic oxidation sites excluding steroid dienone is 2. The Morgan fingerprint density at radius 1 is 0.744 bits per heavy atom. The van der Waals surface area contributed by atoms with Crippen LogP contribution in [0.3, 0.4) is 0 Å². The Kier molecular flexibility index (Phi) is 10.7. The van der Waals surface area contributed by atoms with Crippen molar-refractivity contribution in [3.05, 3.63) is 174 Å². The fourth-order valence-corrected chi connectivity index (χ4v) is 7.32. The third-order valence-electron chi connectivity index (χ3n) is 7.06. The Hall–Kier alpha value is -3.89. The highest BCUT2D eigenvalue weighted by molar-refractivity contribution is 6.42. The Morgan fingerprint density at radius 2 is 1.23 bits per heavy atom. The number of benzene rings is 4. The van der Waals surface area contributed by atoms with Crippen molar-refractivity contribution in [3.8, 4) is 0 Å². The van der Waals surface area contributed by atoms with Crippen LogP contribution in [0.15, 0.2) is 152 Å². The van der Waals surface area contributed by atoms with E-state index in [0.717, 1.165) is 11.1 Å². The summed E-state index contributed by atoms with van der Waals surface area (Å²) in [6.07, 6.45) is 13.1. The number of unbranched alkanes of at least 4 members (excludes halogenated alkanes) is 1. The van der Waals surface area contributed by atoms with Crippen LogP contribution in [-0.2, 0) is 5.16 Å². The number of rotatable bonds is 10. The number of hydrogen-bond donors (Lipinski definition) is 0. The Labute approximate surface area is 237 Å². The molecule has 2 nitrogen and oxygen atoms in total. The smallest absolute Gasteiger partial charge is 0.0953 e. The molecule has 2 radical (unpaired) electrons. The van der Waals surface area contributed by atoms with Gasteiger partial charge >= 0.3 is 0 Å². The van der Waals surface area contributed by atoms with Crippen molar-refractivity contribution in [3.63, 3.8) is 0 Å². The molecular weight excluding hydrogens is 487 g/mol. The minimum Gasteiger partial charge on any atom is -0.327 e. The summed E-state index contributed by atoms with van der Waals surface area (Å²) < 4.78 is 2.32. The first-order chi connectivity index (χ1) is 19.3. The molecule has 194 valence electrons. The summed E-state index contributed by atoms with van der Waals surface area (Å²) in [6, 6.07) is 43.2. The maximum Gasteiger partial charge on any atom is 0.0953 e. The first-order valence-corrected chi connectivity index (χ1v) is 15.6. The zero-order chi connectivity index (χ0) is 27.2. The molecule has 4 heteroatoms. The third-order valence-corrected chi connectivity index (χ3v) is 9.59. The van der Waals surface area contributed by atoms with E-state index in [1.54, 1.807) is 0 Å². The van der Waals surface area contributed by atoms with Crippen molar-refractivity contribution in [2.45, 2.75) is 36.8 Å². The van der Waals surface area contributed by atoms with Gasteiger partial charge in [0, 0.05) is 12.4 Å². The van der Waals surface area contributed by atoms with Gasteiger partial charge in [-0.25, -0.2) is 4.98 Å². The van der Waals surface area contributed by atoms with Crippen molar-refractivity contribution in [2.24, 2.45) is 0 Å². The number of aromatic nitrogens is 2. The first kappa shape index (κ1) is 28.1. The fourth-order valence-electron chi connectivity index (χ4n) is 5.00. The van der Waals surface area contributed by atoms with Gasteiger partial charge in [0.25, 0.3) is 0 Å². The van der Waals surface area contributed by atoms with Gasteiger partial charge in [-0.3, -0.25) is 0 Å². The Bertz CT molecular complexity index is 1280. The van der Waals surface area contributed by atoms with Gasteiger partial charge in [-0.2, -0.15) is 0 Å². The second kappa shape index (κ2) is 14.9. The van der Waals surface area contributed by atoms with E-state index in [1.807, 2.05) is 48.9 Å². The lowest BCUT2D eigenvalue weighted by Gasteiger charge is -2.36. The molecule has 0 bridgehead atoms. The molecule has 5 rings (SSSR count). The van der Waals surface area contributed by atoms with Crippen LogP contribution < -0.4 is 0 Å². The molecule has 0 atom stereocenters. The van der Waals surface area contributed by atoms with E-state index in [-0.39, 0.29) is 11.0 Å². The van der Waals surface area contributed by atoms with Gasteiger partial charge < -0.3 is 4.57 Å².